The van der Waals surface area contributed by atoms with Gasteiger partial charge in [-0.3, -0.25) is 4.79 Å². The highest BCUT2D eigenvalue weighted by atomic mass is 16.6. The predicted molar refractivity (Wildman–Crippen MR) is 85.2 cm³/mol. The fourth-order valence-electron chi connectivity index (χ4n) is 3.50. The van der Waals surface area contributed by atoms with Crippen LogP contribution in [0.5, 0.6) is 0 Å². The molecule has 0 aromatic carbocycles. The Morgan fingerprint density at radius 1 is 1.10 bits per heavy atom. The highest BCUT2D eigenvalue weighted by Gasteiger charge is 2.26. The molecular formula is C17H32N2O2. The van der Waals surface area contributed by atoms with Gasteiger partial charge >= 0.3 is 5.97 Å². The Hall–Kier alpha value is -0.610. The SMILES string of the molecule is CC(C)(C)OC(=O)CC1CCC(CN2CCNCC2)CC1. The lowest BCUT2D eigenvalue weighted by molar-refractivity contribution is -0.156. The van der Waals surface area contributed by atoms with Crippen LogP contribution in [0.1, 0.15) is 52.9 Å². The van der Waals surface area contributed by atoms with Gasteiger partial charge in [-0.05, 0) is 58.3 Å². The molecule has 4 nitrogen and oxygen atoms in total. The van der Waals surface area contributed by atoms with Crippen molar-refractivity contribution in [3.63, 3.8) is 0 Å². The summed E-state index contributed by atoms with van der Waals surface area (Å²) in [5, 5.41) is 3.41. The Morgan fingerprint density at radius 2 is 1.67 bits per heavy atom. The summed E-state index contributed by atoms with van der Waals surface area (Å²) in [6.07, 6.45) is 5.54. The van der Waals surface area contributed by atoms with E-state index in [0.29, 0.717) is 12.3 Å². The van der Waals surface area contributed by atoms with Crippen molar-refractivity contribution in [3.05, 3.63) is 0 Å². The number of ether oxygens (including phenoxy) is 1. The average molecular weight is 296 g/mol. The fraction of sp³-hybridized carbons (Fsp3) is 0.941. The molecule has 0 amide bonds. The van der Waals surface area contributed by atoms with E-state index in [2.05, 4.69) is 10.2 Å². The van der Waals surface area contributed by atoms with Crippen LogP contribution in [-0.2, 0) is 9.53 Å². The van der Waals surface area contributed by atoms with Gasteiger partial charge < -0.3 is 15.0 Å². The van der Waals surface area contributed by atoms with E-state index in [0.717, 1.165) is 19.0 Å². The summed E-state index contributed by atoms with van der Waals surface area (Å²) < 4.78 is 5.43. The Kier molecular flexibility index (Phi) is 6.06. The Morgan fingerprint density at radius 3 is 2.24 bits per heavy atom. The van der Waals surface area contributed by atoms with Crippen LogP contribution in [-0.4, -0.2) is 49.2 Å². The topological polar surface area (TPSA) is 41.6 Å². The molecule has 1 aliphatic heterocycles. The van der Waals surface area contributed by atoms with Gasteiger partial charge in [-0.1, -0.05) is 0 Å². The van der Waals surface area contributed by atoms with Crippen molar-refractivity contribution in [2.75, 3.05) is 32.7 Å². The van der Waals surface area contributed by atoms with Gasteiger partial charge in [0.05, 0.1) is 0 Å². The molecule has 122 valence electrons. The van der Waals surface area contributed by atoms with Gasteiger partial charge in [0.25, 0.3) is 0 Å². The summed E-state index contributed by atoms with van der Waals surface area (Å²) in [5.41, 5.74) is -0.351. The van der Waals surface area contributed by atoms with Crippen LogP contribution in [0.15, 0.2) is 0 Å². The van der Waals surface area contributed by atoms with Crippen molar-refractivity contribution in [3.8, 4) is 0 Å². The summed E-state index contributed by atoms with van der Waals surface area (Å²) >= 11 is 0. The van der Waals surface area contributed by atoms with Crippen molar-refractivity contribution < 1.29 is 9.53 Å². The maximum Gasteiger partial charge on any atom is 0.306 e. The highest BCUT2D eigenvalue weighted by molar-refractivity contribution is 5.70. The molecule has 1 heterocycles. The first kappa shape index (κ1) is 16.8. The predicted octanol–water partition coefficient (Wildman–Crippen LogP) is 2.43. The van der Waals surface area contributed by atoms with E-state index in [-0.39, 0.29) is 11.6 Å². The van der Waals surface area contributed by atoms with Crippen LogP contribution in [0.2, 0.25) is 0 Å². The van der Waals surface area contributed by atoms with Crippen molar-refractivity contribution in [2.45, 2.75) is 58.5 Å². The molecule has 2 fully saturated rings. The number of nitrogens with zero attached hydrogens (tertiary/aromatic N) is 1. The minimum absolute atomic E-state index is 0.0203. The van der Waals surface area contributed by atoms with Crippen molar-refractivity contribution in [2.24, 2.45) is 11.8 Å². The smallest absolute Gasteiger partial charge is 0.306 e. The van der Waals surface area contributed by atoms with Crippen LogP contribution in [0, 0.1) is 11.8 Å². The van der Waals surface area contributed by atoms with Crippen molar-refractivity contribution in [1.82, 2.24) is 10.2 Å². The van der Waals surface area contributed by atoms with Gasteiger partial charge in [0.2, 0.25) is 0 Å². The third kappa shape index (κ3) is 6.35. The van der Waals surface area contributed by atoms with E-state index in [1.807, 2.05) is 20.8 Å². The number of hydrogen-bond donors (Lipinski definition) is 1. The molecule has 0 bridgehead atoms. The van der Waals surface area contributed by atoms with Gasteiger partial charge in [-0.2, -0.15) is 0 Å². The number of carbonyl (C=O) groups is 1. The molecular weight excluding hydrogens is 264 g/mol. The number of esters is 1. The van der Waals surface area contributed by atoms with Crippen LogP contribution in [0.3, 0.4) is 0 Å². The lowest BCUT2D eigenvalue weighted by atomic mass is 9.80. The number of piperazine rings is 1. The zero-order valence-electron chi connectivity index (χ0n) is 14.0. The summed E-state index contributed by atoms with van der Waals surface area (Å²) in [4.78, 5) is 14.5. The lowest BCUT2D eigenvalue weighted by Gasteiger charge is -2.34. The van der Waals surface area contributed by atoms with Gasteiger partial charge in [-0.15, -0.1) is 0 Å². The molecule has 0 spiro atoms. The molecule has 1 saturated carbocycles. The van der Waals surface area contributed by atoms with Crippen LogP contribution < -0.4 is 5.32 Å². The lowest BCUT2D eigenvalue weighted by Crippen LogP contribution is -2.45. The number of nitrogens with one attached hydrogen (secondary N) is 1. The third-order valence-corrected chi connectivity index (χ3v) is 4.57. The summed E-state index contributed by atoms with van der Waals surface area (Å²) in [6.45, 7) is 11.7. The van der Waals surface area contributed by atoms with E-state index >= 15 is 0 Å². The maximum absolute atomic E-state index is 11.9. The number of hydrogen-bond acceptors (Lipinski definition) is 4. The molecule has 2 rings (SSSR count). The Balaban J connectivity index is 1.64. The summed E-state index contributed by atoms with van der Waals surface area (Å²) in [6, 6.07) is 0. The van der Waals surface area contributed by atoms with E-state index in [4.69, 9.17) is 4.74 Å². The Bertz CT molecular complexity index is 324. The molecule has 21 heavy (non-hydrogen) atoms. The second-order valence-corrected chi connectivity index (χ2v) is 7.73. The molecule has 0 radical (unpaired) electrons. The quantitative estimate of drug-likeness (QED) is 0.809. The van der Waals surface area contributed by atoms with Gasteiger partial charge in [0.15, 0.2) is 0 Å². The zero-order valence-corrected chi connectivity index (χ0v) is 14.0. The molecule has 2 aliphatic rings. The van der Waals surface area contributed by atoms with E-state index < -0.39 is 0 Å². The van der Waals surface area contributed by atoms with E-state index in [9.17, 15) is 4.79 Å². The fourth-order valence-corrected chi connectivity index (χ4v) is 3.50. The van der Waals surface area contributed by atoms with Gasteiger partial charge in [0, 0.05) is 39.1 Å². The van der Waals surface area contributed by atoms with Crippen LogP contribution >= 0.6 is 0 Å². The van der Waals surface area contributed by atoms with Crippen LogP contribution in [0.25, 0.3) is 0 Å². The van der Waals surface area contributed by atoms with E-state index in [1.54, 1.807) is 0 Å². The molecule has 0 aromatic rings. The first-order valence-electron chi connectivity index (χ1n) is 8.57. The summed E-state index contributed by atoms with van der Waals surface area (Å²) in [7, 11) is 0. The second kappa shape index (κ2) is 7.59. The van der Waals surface area contributed by atoms with E-state index in [1.165, 1.54) is 45.3 Å². The largest absolute Gasteiger partial charge is 0.460 e. The second-order valence-electron chi connectivity index (χ2n) is 7.73. The van der Waals surface area contributed by atoms with Crippen molar-refractivity contribution in [1.29, 1.82) is 0 Å². The first-order valence-corrected chi connectivity index (χ1v) is 8.57. The molecule has 1 saturated heterocycles. The minimum atomic E-state index is -0.351. The monoisotopic (exact) mass is 296 g/mol. The molecule has 0 unspecified atom stereocenters. The molecule has 0 atom stereocenters. The third-order valence-electron chi connectivity index (χ3n) is 4.57. The number of rotatable bonds is 4. The average Bonchev–Trinajstić information content (AvgIpc) is 2.40. The minimum Gasteiger partial charge on any atom is -0.460 e. The molecule has 1 N–H and O–H groups in total. The standard InChI is InChI=1S/C17H32N2O2/c1-17(2,3)21-16(20)12-14-4-6-15(7-5-14)13-19-10-8-18-9-11-19/h14-15,18H,4-13H2,1-3H3. The first-order chi connectivity index (χ1) is 9.92. The summed E-state index contributed by atoms with van der Waals surface area (Å²) in [5.74, 6) is 1.35. The van der Waals surface area contributed by atoms with Gasteiger partial charge in [-0.25, -0.2) is 0 Å². The molecule has 1 aliphatic carbocycles. The maximum atomic E-state index is 11.9. The highest BCUT2D eigenvalue weighted by Crippen LogP contribution is 2.32. The van der Waals surface area contributed by atoms with Crippen molar-refractivity contribution >= 4 is 5.97 Å². The van der Waals surface area contributed by atoms with Crippen LogP contribution in [0.4, 0.5) is 0 Å². The van der Waals surface area contributed by atoms with Gasteiger partial charge in [0.1, 0.15) is 5.60 Å². The Labute approximate surface area is 129 Å². The molecule has 4 heteroatoms. The number of carbonyl (C=O) groups excluding carboxylic acids is 1. The normalized spacial score (nSPS) is 28.3. The zero-order chi connectivity index (χ0) is 15.3. The molecule has 0 aromatic heterocycles.